The van der Waals surface area contributed by atoms with E-state index >= 15 is 0 Å². The summed E-state index contributed by atoms with van der Waals surface area (Å²) in [6, 6.07) is 7.31. The van der Waals surface area contributed by atoms with E-state index in [0.29, 0.717) is 19.6 Å². The predicted molar refractivity (Wildman–Crippen MR) is 75.3 cm³/mol. The molecule has 1 saturated heterocycles. The van der Waals surface area contributed by atoms with Gasteiger partial charge in [0.05, 0.1) is 13.2 Å². The predicted octanol–water partition coefficient (Wildman–Crippen LogP) is 1.37. The van der Waals surface area contributed by atoms with Crippen molar-refractivity contribution < 1.29 is 14.3 Å². The molecule has 1 aromatic carbocycles. The number of esters is 1. The van der Waals surface area contributed by atoms with E-state index in [1.165, 1.54) is 0 Å². The molecular weight excluding hydrogens is 256 g/mol. The molecule has 0 bridgehead atoms. The molecule has 5 heteroatoms. The first-order valence-corrected chi connectivity index (χ1v) is 6.83. The van der Waals surface area contributed by atoms with Gasteiger partial charge in [-0.15, -0.1) is 0 Å². The normalized spacial score (nSPS) is 20.1. The smallest absolute Gasteiger partial charge is 0.323 e. The van der Waals surface area contributed by atoms with E-state index in [4.69, 9.17) is 15.2 Å². The van der Waals surface area contributed by atoms with Crippen molar-refractivity contribution in [3.8, 4) is 0 Å². The topological polar surface area (TPSA) is 77.3 Å². The van der Waals surface area contributed by atoms with E-state index < -0.39 is 6.04 Å². The fourth-order valence-electron chi connectivity index (χ4n) is 2.48. The Labute approximate surface area is 117 Å². The zero-order valence-corrected chi connectivity index (χ0v) is 11.2. The van der Waals surface area contributed by atoms with Crippen LogP contribution in [0.4, 0.5) is 0 Å². The van der Waals surface area contributed by atoms with Gasteiger partial charge < -0.3 is 20.2 Å². The monoisotopic (exact) mass is 274 g/mol. The first-order valence-electron chi connectivity index (χ1n) is 6.83. The highest BCUT2D eigenvalue weighted by molar-refractivity contribution is 5.84. The second kappa shape index (κ2) is 5.64. The third kappa shape index (κ3) is 2.69. The first kappa shape index (κ1) is 13.1. The Bertz CT molecular complexity index is 602. The van der Waals surface area contributed by atoms with Crippen molar-refractivity contribution in [2.45, 2.75) is 25.0 Å². The summed E-state index contributed by atoms with van der Waals surface area (Å²) in [5, 5.41) is 1.10. The lowest BCUT2D eigenvalue weighted by molar-refractivity contribution is -0.150. The molecule has 0 amide bonds. The molecule has 20 heavy (non-hydrogen) atoms. The number of aromatic amines is 1. The van der Waals surface area contributed by atoms with Crippen molar-refractivity contribution >= 4 is 16.9 Å². The fraction of sp³-hybridized carbons (Fsp3) is 0.400. The average Bonchev–Trinajstić information content (AvgIpc) is 3.09. The summed E-state index contributed by atoms with van der Waals surface area (Å²) in [4.78, 5) is 15.1. The molecule has 2 unspecified atom stereocenters. The van der Waals surface area contributed by atoms with Gasteiger partial charge in [-0.2, -0.15) is 0 Å². The zero-order chi connectivity index (χ0) is 13.9. The van der Waals surface area contributed by atoms with Crippen molar-refractivity contribution in [3.05, 3.63) is 36.0 Å². The van der Waals surface area contributed by atoms with Gasteiger partial charge in [-0.05, 0) is 11.6 Å². The number of H-pyrrole nitrogens is 1. The largest absolute Gasteiger partial charge is 0.459 e. The molecule has 2 atom stereocenters. The van der Waals surface area contributed by atoms with Crippen LogP contribution in [0.2, 0.25) is 0 Å². The molecule has 1 aromatic heterocycles. The number of nitrogens with one attached hydrogen (secondary N) is 1. The molecule has 2 heterocycles. The SMILES string of the molecule is NC(Cc1c[nH]c2ccccc12)C(=O)OC1CCOC1. The van der Waals surface area contributed by atoms with Crippen LogP contribution in [0.1, 0.15) is 12.0 Å². The summed E-state index contributed by atoms with van der Waals surface area (Å²) in [7, 11) is 0. The molecule has 1 fully saturated rings. The molecule has 3 rings (SSSR count). The van der Waals surface area contributed by atoms with Crippen LogP contribution in [-0.4, -0.2) is 36.3 Å². The van der Waals surface area contributed by atoms with E-state index in [1.807, 2.05) is 30.5 Å². The summed E-state index contributed by atoms with van der Waals surface area (Å²) in [6.45, 7) is 1.13. The third-order valence-corrected chi connectivity index (χ3v) is 3.59. The van der Waals surface area contributed by atoms with Gasteiger partial charge in [0.2, 0.25) is 0 Å². The number of carbonyl (C=O) groups excluding carboxylic acids is 1. The zero-order valence-electron chi connectivity index (χ0n) is 11.2. The van der Waals surface area contributed by atoms with Gasteiger partial charge in [0, 0.05) is 29.9 Å². The van der Waals surface area contributed by atoms with Crippen LogP contribution in [0.25, 0.3) is 10.9 Å². The highest BCUT2D eigenvalue weighted by Crippen LogP contribution is 2.19. The first-order chi connectivity index (χ1) is 9.74. The Hall–Kier alpha value is -1.85. The highest BCUT2D eigenvalue weighted by atomic mass is 16.6. The number of hydrogen-bond acceptors (Lipinski definition) is 4. The molecule has 0 aliphatic carbocycles. The van der Waals surface area contributed by atoms with Crippen LogP contribution >= 0.6 is 0 Å². The van der Waals surface area contributed by atoms with Gasteiger partial charge >= 0.3 is 5.97 Å². The van der Waals surface area contributed by atoms with Crippen LogP contribution in [0.15, 0.2) is 30.5 Å². The molecule has 0 radical (unpaired) electrons. The van der Waals surface area contributed by atoms with Crippen LogP contribution in [-0.2, 0) is 20.7 Å². The lowest BCUT2D eigenvalue weighted by Crippen LogP contribution is -2.36. The molecular formula is C15H18N2O3. The van der Waals surface area contributed by atoms with E-state index in [-0.39, 0.29) is 12.1 Å². The Morgan fingerprint density at radius 3 is 3.15 bits per heavy atom. The van der Waals surface area contributed by atoms with E-state index in [9.17, 15) is 4.79 Å². The second-order valence-corrected chi connectivity index (χ2v) is 5.09. The Morgan fingerprint density at radius 1 is 1.50 bits per heavy atom. The van der Waals surface area contributed by atoms with Gasteiger partial charge in [0.25, 0.3) is 0 Å². The maximum atomic E-state index is 11.9. The van der Waals surface area contributed by atoms with Crippen molar-refractivity contribution in [1.29, 1.82) is 0 Å². The van der Waals surface area contributed by atoms with Crippen molar-refractivity contribution in [1.82, 2.24) is 4.98 Å². The number of para-hydroxylation sites is 1. The number of benzene rings is 1. The van der Waals surface area contributed by atoms with Crippen molar-refractivity contribution in [3.63, 3.8) is 0 Å². The lowest BCUT2D eigenvalue weighted by atomic mass is 10.1. The summed E-state index contributed by atoms with van der Waals surface area (Å²) in [5.41, 5.74) is 8.03. The van der Waals surface area contributed by atoms with E-state index in [1.54, 1.807) is 0 Å². The molecule has 0 saturated carbocycles. The minimum Gasteiger partial charge on any atom is -0.459 e. The Kier molecular flexibility index (Phi) is 3.71. The second-order valence-electron chi connectivity index (χ2n) is 5.09. The summed E-state index contributed by atoms with van der Waals surface area (Å²) >= 11 is 0. The third-order valence-electron chi connectivity index (χ3n) is 3.59. The van der Waals surface area contributed by atoms with Crippen LogP contribution in [0.3, 0.4) is 0 Å². The summed E-state index contributed by atoms with van der Waals surface area (Å²) < 4.78 is 10.5. The number of nitrogens with two attached hydrogens (primary N) is 1. The fourth-order valence-corrected chi connectivity index (χ4v) is 2.48. The molecule has 2 aromatic rings. The van der Waals surface area contributed by atoms with Crippen LogP contribution < -0.4 is 5.73 Å². The maximum Gasteiger partial charge on any atom is 0.323 e. The average molecular weight is 274 g/mol. The van der Waals surface area contributed by atoms with E-state index in [0.717, 1.165) is 22.9 Å². The maximum absolute atomic E-state index is 11.9. The highest BCUT2D eigenvalue weighted by Gasteiger charge is 2.24. The van der Waals surface area contributed by atoms with Gasteiger partial charge in [0.1, 0.15) is 12.1 Å². The molecule has 1 aliphatic rings. The molecule has 1 aliphatic heterocycles. The number of aromatic nitrogens is 1. The summed E-state index contributed by atoms with van der Waals surface area (Å²) in [5.74, 6) is -0.356. The van der Waals surface area contributed by atoms with Crippen LogP contribution in [0, 0.1) is 0 Å². The van der Waals surface area contributed by atoms with E-state index in [2.05, 4.69) is 4.98 Å². The van der Waals surface area contributed by atoms with Crippen molar-refractivity contribution in [2.75, 3.05) is 13.2 Å². The molecule has 106 valence electrons. The molecule has 5 nitrogen and oxygen atoms in total. The minimum atomic E-state index is -0.644. The number of carbonyl (C=O) groups is 1. The Balaban J connectivity index is 1.65. The summed E-state index contributed by atoms with van der Waals surface area (Å²) in [6.07, 6.45) is 2.98. The van der Waals surface area contributed by atoms with Crippen LogP contribution in [0.5, 0.6) is 0 Å². The van der Waals surface area contributed by atoms with Gasteiger partial charge in [-0.25, -0.2) is 0 Å². The number of ether oxygens (including phenoxy) is 2. The van der Waals surface area contributed by atoms with Gasteiger partial charge in [0.15, 0.2) is 0 Å². The minimum absolute atomic E-state index is 0.142. The van der Waals surface area contributed by atoms with Gasteiger partial charge in [-0.3, -0.25) is 4.79 Å². The quantitative estimate of drug-likeness (QED) is 0.825. The number of rotatable bonds is 4. The molecule has 3 N–H and O–H groups in total. The van der Waals surface area contributed by atoms with Gasteiger partial charge in [-0.1, -0.05) is 18.2 Å². The lowest BCUT2D eigenvalue weighted by Gasteiger charge is -2.14. The number of fused-ring (bicyclic) bond motifs is 1. The van der Waals surface area contributed by atoms with Crippen molar-refractivity contribution in [2.24, 2.45) is 5.73 Å². The molecule has 0 spiro atoms. The Morgan fingerprint density at radius 2 is 2.35 bits per heavy atom. The standard InChI is InChI=1S/C15H18N2O3/c16-13(15(18)20-11-5-6-19-9-11)7-10-8-17-14-4-2-1-3-12(10)14/h1-4,8,11,13,17H,5-7,9,16H2. The number of hydrogen-bond donors (Lipinski definition) is 2.